The van der Waals surface area contributed by atoms with Crippen LogP contribution in [0.5, 0.6) is 0 Å². The zero-order chi connectivity index (χ0) is 11.5. The summed E-state index contributed by atoms with van der Waals surface area (Å²) >= 11 is 1.69. The number of rotatable bonds is 3. The maximum atomic E-state index is 5.76. The number of hydrogen-bond donors (Lipinski definition) is 1. The molecule has 0 fully saturated rings. The number of aryl methyl sites for hydroxylation is 1. The predicted octanol–water partition coefficient (Wildman–Crippen LogP) is 3.01. The lowest BCUT2D eigenvalue weighted by molar-refractivity contribution is 0.734. The first-order valence-corrected chi connectivity index (χ1v) is 6.30. The van der Waals surface area contributed by atoms with Gasteiger partial charge in [0, 0.05) is 23.4 Å². The van der Waals surface area contributed by atoms with Gasteiger partial charge in [0.2, 0.25) is 0 Å². The van der Waals surface area contributed by atoms with E-state index in [9.17, 15) is 0 Å². The van der Waals surface area contributed by atoms with Crippen LogP contribution < -0.4 is 5.73 Å². The van der Waals surface area contributed by atoms with E-state index in [-0.39, 0.29) is 6.04 Å². The van der Waals surface area contributed by atoms with Crippen LogP contribution in [-0.2, 0) is 6.42 Å². The Kier molecular flexibility index (Phi) is 3.36. The molecule has 0 amide bonds. The molecule has 1 atom stereocenters. The van der Waals surface area contributed by atoms with Gasteiger partial charge < -0.3 is 5.73 Å². The molecule has 0 aliphatic rings. The monoisotopic (exact) mass is 232 g/mol. The first kappa shape index (κ1) is 11.3. The molecule has 2 aromatic rings. The van der Waals surface area contributed by atoms with E-state index in [2.05, 4.69) is 41.6 Å². The molecule has 1 aromatic heterocycles. The number of hydrogen-bond acceptors (Lipinski definition) is 3. The average molecular weight is 232 g/mol. The van der Waals surface area contributed by atoms with Crippen molar-refractivity contribution in [1.29, 1.82) is 0 Å². The van der Waals surface area contributed by atoms with E-state index in [0.29, 0.717) is 0 Å². The van der Waals surface area contributed by atoms with Crippen LogP contribution in [0.15, 0.2) is 29.6 Å². The summed E-state index contributed by atoms with van der Waals surface area (Å²) in [6, 6.07) is 8.59. The van der Waals surface area contributed by atoms with E-state index < -0.39 is 0 Å². The van der Waals surface area contributed by atoms with E-state index in [1.165, 1.54) is 11.1 Å². The smallest absolute Gasteiger partial charge is 0.0947 e. The molecule has 1 heterocycles. The lowest BCUT2D eigenvalue weighted by atomic mass is 10.1. The van der Waals surface area contributed by atoms with Crippen molar-refractivity contribution in [2.45, 2.75) is 26.3 Å². The Morgan fingerprint density at radius 2 is 2.25 bits per heavy atom. The van der Waals surface area contributed by atoms with Crippen molar-refractivity contribution in [3.63, 3.8) is 0 Å². The van der Waals surface area contributed by atoms with Crippen LogP contribution in [-0.4, -0.2) is 11.0 Å². The fourth-order valence-corrected chi connectivity index (χ4v) is 2.56. The summed E-state index contributed by atoms with van der Waals surface area (Å²) in [5.74, 6) is 0. The standard InChI is InChI=1S/C13H16N2S/c1-9-4-3-5-11(6-9)12-8-16-13(15-12)7-10(2)14/h3-6,8,10H,7,14H2,1-2H3. The van der Waals surface area contributed by atoms with Crippen molar-refractivity contribution in [2.75, 3.05) is 0 Å². The molecule has 2 rings (SSSR count). The van der Waals surface area contributed by atoms with Crippen molar-refractivity contribution >= 4 is 11.3 Å². The molecule has 0 bridgehead atoms. The number of benzene rings is 1. The van der Waals surface area contributed by atoms with Crippen LogP contribution in [0.2, 0.25) is 0 Å². The maximum absolute atomic E-state index is 5.76. The Hall–Kier alpha value is -1.19. The highest BCUT2D eigenvalue weighted by Gasteiger charge is 2.06. The molecule has 16 heavy (non-hydrogen) atoms. The Balaban J connectivity index is 2.24. The highest BCUT2D eigenvalue weighted by Crippen LogP contribution is 2.23. The minimum atomic E-state index is 0.177. The molecular formula is C13H16N2S. The van der Waals surface area contributed by atoms with Gasteiger partial charge in [0.25, 0.3) is 0 Å². The van der Waals surface area contributed by atoms with Crippen LogP contribution in [0.4, 0.5) is 0 Å². The normalized spacial score (nSPS) is 12.7. The average Bonchev–Trinajstić information content (AvgIpc) is 2.65. The quantitative estimate of drug-likeness (QED) is 0.883. The third kappa shape index (κ3) is 2.68. The fraction of sp³-hybridized carbons (Fsp3) is 0.308. The molecule has 3 heteroatoms. The minimum Gasteiger partial charge on any atom is -0.328 e. The number of nitrogens with two attached hydrogens (primary N) is 1. The summed E-state index contributed by atoms with van der Waals surface area (Å²) in [4.78, 5) is 4.60. The number of aromatic nitrogens is 1. The predicted molar refractivity (Wildman–Crippen MR) is 69.6 cm³/mol. The lowest BCUT2D eigenvalue weighted by Crippen LogP contribution is -2.17. The van der Waals surface area contributed by atoms with Gasteiger partial charge in [-0.15, -0.1) is 11.3 Å². The van der Waals surface area contributed by atoms with Crippen LogP contribution >= 0.6 is 11.3 Å². The molecule has 0 aliphatic heterocycles. The van der Waals surface area contributed by atoms with Gasteiger partial charge in [-0.05, 0) is 19.9 Å². The summed E-state index contributed by atoms with van der Waals surface area (Å²) in [6.07, 6.45) is 0.858. The van der Waals surface area contributed by atoms with E-state index >= 15 is 0 Å². The molecule has 1 unspecified atom stereocenters. The maximum Gasteiger partial charge on any atom is 0.0947 e. The summed E-state index contributed by atoms with van der Waals surface area (Å²) in [6.45, 7) is 4.10. The number of nitrogens with zero attached hydrogens (tertiary/aromatic N) is 1. The summed E-state index contributed by atoms with van der Waals surface area (Å²) < 4.78 is 0. The zero-order valence-electron chi connectivity index (χ0n) is 9.60. The van der Waals surface area contributed by atoms with Crippen molar-refractivity contribution < 1.29 is 0 Å². The van der Waals surface area contributed by atoms with Gasteiger partial charge in [-0.2, -0.15) is 0 Å². The van der Waals surface area contributed by atoms with Gasteiger partial charge >= 0.3 is 0 Å². The first-order valence-electron chi connectivity index (χ1n) is 5.42. The molecule has 0 saturated carbocycles. The van der Waals surface area contributed by atoms with Gasteiger partial charge in [-0.1, -0.05) is 23.8 Å². The molecule has 1 aromatic carbocycles. The van der Waals surface area contributed by atoms with Crippen molar-refractivity contribution in [3.05, 3.63) is 40.2 Å². The molecule has 2 N–H and O–H groups in total. The number of thiazole rings is 1. The minimum absolute atomic E-state index is 0.177. The van der Waals surface area contributed by atoms with E-state index in [0.717, 1.165) is 17.1 Å². The first-order chi connectivity index (χ1) is 7.65. The van der Waals surface area contributed by atoms with E-state index in [4.69, 9.17) is 5.73 Å². The Labute approximate surface area is 100 Å². The molecule has 0 saturated heterocycles. The van der Waals surface area contributed by atoms with E-state index in [1.54, 1.807) is 11.3 Å². The topological polar surface area (TPSA) is 38.9 Å². The Morgan fingerprint density at radius 1 is 1.44 bits per heavy atom. The second-order valence-corrected chi connectivity index (χ2v) is 5.12. The zero-order valence-corrected chi connectivity index (χ0v) is 10.4. The summed E-state index contributed by atoms with van der Waals surface area (Å²) in [5.41, 5.74) is 9.27. The highest BCUT2D eigenvalue weighted by atomic mass is 32.1. The van der Waals surface area contributed by atoms with Crippen molar-refractivity contribution in [1.82, 2.24) is 4.98 Å². The largest absolute Gasteiger partial charge is 0.328 e. The van der Waals surface area contributed by atoms with Crippen molar-refractivity contribution in [3.8, 4) is 11.3 Å². The highest BCUT2D eigenvalue weighted by molar-refractivity contribution is 7.09. The Bertz CT molecular complexity index is 474. The third-order valence-electron chi connectivity index (χ3n) is 2.36. The SMILES string of the molecule is Cc1cccc(-c2csc(CC(C)N)n2)c1. The van der Waals surface area contributed by atoms with Gasteiger partial charge in [0.05, 0.1) is 10.7 Å². The summed E-state index contributed by atoms with van der Waals surface area (Å²) in [5, 5.41) is 3.22. The lowest BCUT2D eigenvalue weighted by Gasteiger charge is -2.00. The van der Waals surface area contributed by atoms with Crippen LogP contribution in [0, 0.1) is 6.92 Å². The van der Waals surface area contributed by atoms with E-state index in [1.807, 2.05) is 6.92 Å². The van der Waals surface area contributed by atoms with Gasteiger partial charge in [-0.3, -0.25) is 0 Å². The van der Waals surface area contributed by atoms with Crippen LogP contribution in [0.25, 0.3) is 11.3 Å². The molecular weight excluding hydrogens is 216 g/mol. The molecule has 0 spiro atoms. The molecule has 0 aliphatic carbocycles. The van der Waals surface area contributed by atoms with Gasteiger partial charge in [0.15, 0.2) is 0 Å². The second kappa shape index (κ2) is 4.76. The third-order valence-corrected chi connectivity index (χ3v) is 3.23. The van der Waals surface area contributed by atoms with Crippen molar-refractivity contribution in [2.24, 2.45) is 5.73 Å². The fourth-order valence-electron chi connectivity index (χ4n) is 1.62. The van der Waals surface area contributed by atoms with Gasteiger partial charge in [-0.25, -0.2) is 4.98 Å². The summed E-state index contributed by atoms with van der Waals surface area (Å²) in [7, 11) is 0. The van der Waals surface area contributed by atoms with Crippen LogP contribution in [0.3, 0.4) is 0 Å². The Morgan fingerprint density at radius 3 is 2.94 bits per heavy atom. The molecule has 2 nitrogen and oxygen atoms in total. The van der Waals surface area contributed by atoms with Gasteiger partial charge in [0.1, 0.15) is 0 Å². The van der Waals surface area contributed by atoms with Crippen LogP contribution in [0.1, 0.15) is 17.5 Å². The molecule has 0 radical (unpaired) electrons. The molecule has 84 valence electrons. The second-order valence-electron chi connectivity index (χ2n) is 4.18.